The van der Waals surface area contributed by atoms with Crippen molar-refractivity contribution in [1.82, 2.24) is 14.8 Å². The molecular weight excluding hydrogens is 432 g/mol. The van der Waals surface area contributed by atoms with E-state index in [-0.39, 0.29) is 11.2 Å². The Morgan fingerprint density at radius 2 is 2.19 bits per heavy atom. The van der Waals surface area contributed by atoms with E-state index in [0.717, 1.165) is 29.8 Å². The van der Waals surface area contributed by atoms with Crippen LogP contribution in [0.25, 0.3) is 5.69 Å². The van der Waals surface area contributed by atoms with Crippen molar-refractivity contribution in [3.05, 3.63) is 65.7 Å². The lowest BCUT2D eigenvalue weighted by atomic mass is 10.1. The number of thioether (sulfide) groups is 1. The van der Waals surface area contributed by atoms with Crippen molar-refractivity contribution in [2.45, 2.75) is 24.5 Å². The SMILES string of the molecule is COc1cccc(C(CC(=O)N(CC2CC2)c2cn(-c3cccnc3)nc2Cl)SC)c1. The fourth-order valence-corrected chi connectivity index (χ4v) is 4.45. The van der Waals surface area contributed by atoms with E-state index in [2.05, 4.69) is 10.1 Å². The fraction of sp³-hybridized carbons (Fsp3) is 0.348. The first-order chi connectivity index (χ1) is 15.1. The van der Waals surface area contributed by atoms with Crippen molar-refractivity contribution in [3.63, 3.8) is 0 Å². The van der Waals surface area contributed by atoms with Gasteiger partial charge in [0.05, 0.1) is 25.2 Å². The second-order valence-electron chi connectivity index (χ2n) is 7.61. The van der Waals surface area contributed by atoms with Gasteiger partial charge in [-0.05, 0) is 54.8 Å². The molecule has 162 valence electrons. The number of pyridine rings is 1. The van der Waals surface area contributed by atoms with Crippen LogP contribution in [0.15, 0.2) is 55.0 Å². The molecular formula is C23H25ClN4O2S. The van der Waals surface area contributed by atoms with Gasteiger partial charge >= 0.3 is 0 Å². The normalized spacial score (nSPS) is 14.3. The Kier molecular flexibility index (Phi) is 6.83. The lowest BCUT2D eigenvalue weighted by Crippen LogP contribution is -2.33. The highest BCUT2D eigenvalue weighted by Gasteiger charge is 2.31. The van der Waals surface area contributed by atoms with E-state index in [1.807, 2.05) is 53.8 Å². The second kappa shape index (κ2) is 9.75. The number of hydrogen-bond donors (Lipinski definition) is 0. The Morgan fingerprint density at radius 1 is 1.35 bits per heavy atom. The molecule has 1 atom stereocenters. The molecule has 1 saturated carbocycles. The highest BCUT2D eigenvalue weighted by atomic mass is 35.5. The Labute approximate surface area is 191 Å². The van der Waals surface area contributed by atoms with Crippen LogP contribution in [0.3, 0.4) is 0 Å². The van der Waals surface area contributed by atoms with Gasteiger partial charge in [0.25, 0.3) is 0 Å². The smallest absolute Gasteiger partial charge is 0.228 e. The minimum Gasteiger partial charge on any atom is -0.497 e. The van der Waals surface area contributed by atoms with Crippen molar-refractivity contribution < 1.29 is 9.53 Å². The second-order valence-corrected chi connectivity index (χ2v) is 9.01. The number of nitrogens with zero attached hydrogens (tertiary/aromatic N) is 4. The molecule has 2 aromatic heterocycles. The molecule has 6 nitrogen and oxygen atoms in total. The van der Waals surface area contributed by atoms with E-state index in [1.54, 1.807) is 35.9 Å². The summed E-state index contributed by atoms with van der Waals surface area (Å²) in [6.07, 6.45) is 9.91. The van der Waals surface area contributed by atoms with Crippen LogP contribution in [0.5, 0.6) is 5.75 Å². The van der Waals surface area contributed by atoms with Gasteiger partial charge in [0.1, 0.15) is 11.4 Å². The van der Waals surface area contributed by atoms with Gasteiger partial charge in [-0.2, -0.15) is 16.9 Å². The number of carbonyl (C=O) groups is 1. The maximum absolute atomic E-state index is 13.5. The summed E-state index contributed by atoms with van der Waals surface area (Å²) in [5.41, 5.74) is 2.52. The monoisotopic (exact) mass is 456 g/mol. The predicted molar refractivity (Wildman–Crippen MR) is 125 cm³/mol. The number of methoxy groups -OCH3 is 1. The molecule has 3 aromatic rings. The Balaban J connectivity index is 1.59. The van der Waals surface area contributed by atoms with E-state index in [1.165, 1.54) is 0 Å². The molecule has 1 aromatic carbocycles. The van der Waals surface area contributed by atoms with E-state index >= 15 is 0 Å². The zero-order valence-corrected chi connectivity index (χ0v) is 19.1. The first-order valence-corrected chi connectivity index (χ1v) is 11.9. The Morgan fingerprint density at radius 3 is 2.87 bits per heavy atom. The van der Waals surface area contributed by atoms with Gasteiger partial charge in [-0.25, -0.2) is 4.68 Å². The van der Waals surface area contributed by atoms with Crippen LogP contribution in [-0.4, -0.2) is 40.6 Å². The minimum absolute atomic E-state index is 0.0245. The number of amides is 1. The van der Waals surface area contributed by atoms with Crippen molar-refractivity contribution >= 4 is 35.0 Å². The van der Waals surface area contributed by atoms with Gasteiger partial charge in [0.2, 0.25) is 5.91 Å². The molecule has 0 saturated heterocycles. The summed E-state index contributed by atoms with van der Waals surface area (Å²) in [4.78, 5) is 19.4. The maximum atomic E-state index is 13.5. The first kappa shape index (κ1) is 21.7. The highest BCUT2D eigenvalue weighted by molar-refractivity contribution is 7.98. The molecule has 1 aliphatic carbocycles. The number of ether oxygens (including phenoxy) is 1. The van der Waals surface area contributed by atoms with Gasteiger partial charge < -0.3 is 9.64 Å². The molecule has 1 unspecified atom stereocenters. The van der Waals surface area contributed by atoms with Crippen molar-refractivity contribution in [2.24, 2.45) is 5.92 Å². The predicted octanol–water partition coefficient (Wildman–Crippen LogP) is 5.17. The van der Waals surface area contributed by atoms with Crippen LogP contribution in [-0.2, 0) is 4.79 Å². The van der Waals surface area contributed by atoms with Crippen molar-refractivity contribution in [1.29, 1.82) is 0 Å². The fourth-order valence-electron chi connectivity index (χ4n) is 3.49. The summed E-state index contributed by atoms with van der Waals surface area (Å²) in [6, 6.07) is 11.6. The Bertz CT molecular complexity index is 1040. The number of aromatic nitrogens is 3. The third-order valence-electron chi connectivity index (χ3n) is 5.40. The number of halogens is 1. The molecule has 0 aliphatic heterocycles. The third-order valence-corrected chi connectivity index (χ3v) is 6.68. The summed E-state index contributed by atoms with van der Waals surface area (Å²) >= 11 is 8.16. The number of anilines is 1. The first-order valence-electron chi connectivity index (χ1n) is 10.2. The van der Waals surface area contributed by atoms with E-state index in [4.69, 9.17) is 16.3 Å². The van der Waals surface area contributed by atoms with Gasteiger partial charge in [-0.3, -0.25) is 9.78 Å². The number of hydrogen-bond acceptors (Lipinski definition) is 5. The van der Waals surface area contributed by atoms with Crippen LogP contribution < -0.4 is 9.64 Å². The minimum atomic E-state index is 0.0245. The Hall–Kier alpha value is -2.51. The lowest BCUT2D eigenvalue weighted by Gasteiger charge is -2.24. The maximum Gasteiger partial charge on any atom is 0.228 e. The summed E-state index contributed by atoms with van der Waals surface area (Å²) < 4.78 is 7.03. The third kappa shape index (κ3) is 5.22. The lowest BCUT2D eigenvalue weighted by molar-refractivity contribution is -0.118. The van der Waals surface area contributed by atoms with Crippen molar-refractivity contribution in [3.8, 4) is 11.4 Å². The summed E-state index contributed by atoms with van der Waals surface area (Å²) in [5.74, 6) is 1.35. The number of rotatable bonds is 9. The molecule has 0 radical (unpaired) electrons. The summed E-state index contributed by atoms with van der Waals surface area (Å²) in [5, 5.41) is 4.76. The average Bonchev–Trinajstić information content (AvgIpc) is 3.55. The van der Waals surface area contributed by atoms with Crippen LogP contribution in [0.4, 0.5) is 5.69 Å². The van der Waals surface area contributed by atoms with Crippen LogP contribution in [0, 0.1) is 5.92 Å². The van der Waals surface area contributed by atoms with Gasteiger partial charge in [-0.15, -0.1) is 0 Å². The van der Waals surface area contributed by atoms with Crippen LogP contribution in [0.1, 0.15) is 30.1 Å². The molecule has 1 amide bonds. The van der Waals surface area contributed by atoms with E-state index < -0.39 is 0 Å². The molecule has 31 heavy (non-hydrogen) atoms. The molecule has 1 fully saturated rings. The molecule has 0 spiro atoms. The number of carbonyl (C=O) groups excluding carboxylic acids is 1. The largest absolute Gasteiger partial charge is 0.497 e. The van der Waals surface area contributed by atoms with E-state index in [9.17, 15) is 4.79 Å². The molecule has 8 heteroatoms. The standard InChI is InChI=1S/C23H25ClN4O2S/c1-30-19-7-3-5-17(11-19)21(31-2)12-22(29)27(14-16-8-9-16)20-15-28(26-23(20)24)18-6-4-10-25-13-18/h3-7,10-11,13,15-16,21H,8-9,12,14H2,1-2H3. The zero-order valence-electron chi connectivity index (χ0n) is 17.6. The molecule has 4 rings (SSSR count). The van der Waals surface area contributed by atoms with Gasteiger partial charge in [0.15, 0.2) is 5.15 Å². The molecule has 0 N–H and O–H groups in total. The molecule has 0 bridgehead atoms. The van der Waals surface area contributed by atoms with E-state index in [0.29, 0.717) is 29.7 Å². The van der Waals surface area contributed by atoms with Crippen LogP contribution in [0.2, 0.25) is 5.15 Å². The van der Waals surface area contributed by atoms with Crippen molar-refractivity contribution in [2.75, 3.05) is 24.8 Å². The quantitative estimate of drug-likeness (QED) is 0.444. The summed E-state index contributed by atoms with van der Waals surface area (Å²) in [6.45, 7) is 0.663. The average molecular weight is 457 g/mol. The summed E-state index contributed by atoms with van der Waals surface area (Å²) in [7, 11) is 1.65. The molecule has 2 heterocycles. The number of benzene rings is 1. The highest BCUT2D eigenvalue weighted by Crippen LogP contribution is 2.37. The molecule has 1 aliphatic rings. The van der Waals surface area contributed by atoms with Gasteiger partial charge in [-0.1, -0.05) is 23.7 Å². The topological polar surface area (TPSA) is 60.2 Å². The zero-order chi connectivity index (χ0) is 21.8. The van der Waals surface area contributed by atoms with Gasteiger partial charge in [0, 0.05) is 24.4 Å². The van der Waals surface area contributed by atoms with Crippen LogP contribution >= 0.6 is 23.4 Å².